The second-order valence-corrected chi connectivity index (χ2v) is 6.94. The zero-order valence-electron chi connectivity index (χ0n) is 8.32. The Labute approximate surface area is 97.4 Å². The average Bonchev–Trinajstić information content (AvgIpc) is 2.29. The van der Waals surface area contributed by atoms with E-state index in [1.807, 2.05) is 6.92 Å². The lowest BCUT2D eigenvalue weighted by Crippen LogP contribution is -2.11. The van der Waals surface area contributed by atoms with E-state index in [2.05, 4.69) is 42.8 Å². The first-order chi connectivity index (χ1) is 5.82. The summed E-state index contributed by atoms with van der Waals surface area (Å²) >= 11 is 11.4. The summed E-state index contributed by atoms with van der Waals surface area (Å²) < 4.78 is 0.906. The van der Waals surface area contributed by atoms with E-state index in [1.165, 1.54) is 10.4 Å². The lowest BCUT2D eigenvalue weighted by molar-refractivity contribution is 0.410. The van der Waals surface area contributed by atoms with Crippen LogP contribution in [-0.2, 0) is 0 Å². The van der Waals surface area contributed by atoms with Gasteiger partial charge in [-0.25, -0.2) is 0 Å². The van der Waals surface area contributed by atoms with Crippen LogP contribution in [0.25, 0.3) is 0 Å². The molecule has 0 aliphatic carbocycles. The van der Waals surface area contributed by atoms with Gasteiger partial charge < -0.3 is 0 Å². The van der Waals surface area contributed by atoms with Crippen LogP contribution in [-0.4, -0.2) is 0 Å². The fourth-order valence-electron chi connectivity index (χ4n) is 1.04. The Balaban J connectivity index is 2.96. The Bertz CT molecular complexity index is 279. The molecule has 1 aromatic rings. The molecular weight excluding hydrogens is 268 g/mol. The largest absolute Gasteiger partial charge is 0.127 e. The number of alkyl halides is 1. The molecule has 0 N–H and O–H groups in total. The standard InChI is InChI=1S/C10H14BrClS/c1-6-5-7(13-9(6)12)8(11)10(2,3)4/h5,8H,1-4H3. The minimum atomic E-state index is 0.237. The summed E-state index contributed by atoms with van der Waals surface area (Å²) in [4.78, 5) is 1.70. The second kappa shape index (κ2) is 3.92. The van der Waals surface area contributed by atoms with Crippen LogP contribution in [0.2, 0.25) is 4.34 Å². The quantitative estimate of drug-likeness (QED) is 0.621. The number of hydrogen-bond acceptors (Lipinski definition) is 1. The highest BCUT2D eigenvalue weighted by Crippen LogP contribution is 2.44. The summed E-state index contributed by atoms with van der Waals surface area (Å²) in [5.74, 6) is 0. The van der Waals surface area contributed by atoms with Crippen molar-refractivity contribution in [2.75, 3.05) is 0 Å². The highest BCUT2D eigenvalue weighted by atomic mass is 79.9. The Morgan fingerprint density at radius 1 is 1.46 bits per heavy atom. The first-order valence-corrected chi connectivity index (χ1v) is 6.33. The predicted octanol–water partition coefficient (Wildman–Crippen LogP) is 5.19. The van der Waals surface area contributed by atoms with Gasteiger partial charge in [0, 0.05) is 4.88 Å². The molecule has 1 atom stereocenters. The Morgan fingerprint density at radius 3 is 2.31 bits per heavy atom. The molecule has 0 amide bonds. The molecule has 13 heavy (non-hydrogen) atoms. The highest BCUT2D eigenvalue weighted by Gasteiger charge is 2.25. The van der Waals surface area contributed by atoms with Crippen molar-refractivity contribution in [1.82, 2.24) is 0 Å². The molecule has 1 aromatic heterocycles. The fourth-order valence-corrected chi connectivity index (χ4v) is 2.89. The van der Waals surface area contributed by atoms with E-state index in [9.17, 15) is 0 Å². The molecule has 74 valence electrons. The van der Waals surface area contributed by atoms with Gasteiger partial charge in [-0.15, -0.1) is 11.3 Å². The van der Waals surface area contributed by atoms with Crippen molar-refractivity contribution in [3.05, 3.63) is 20.8 Å². The minimum absolute atomic E-state index is 0.237. The third-order valence-corrected chi connectivity index (χ3v) is 5.68. The van der Waals surface area contributed by atoms with E-state index in [0.29, 0.717) is 4.83 Å². The monoisotopic (exact) mass is 280 g/mol. The Morgan fingerprint density at radius 2 is 2.00 bits per heavy atom. The van der Waals surface area contributed by atoms with Crippen molar-refractivity contribution in [2.24, 2.45) is 5.41 Å². The van der Waals surface area contributed by atoms with Gasteiger partial charge in [0.05, 0.1) is 9.16 Å². The van der Waals surface area contributed by atoms with E-state index in [4.69, 9.17) is 11.6 Å². The van der Waals surface area contributed by atoms with E-state index >= 15 is 0 Å². The zero-order valence-corrected chi connectivity index (χ0v) is 11.5. The van der Waals surface area contributed by atoms with Crippen molar-refractivity contribution < 1.29 is 0 Å². The topological polar surface area (TPSA) is 0 Å². The van der Waals surface area contributed by atoms with Gasteiger partial charge in [0.15, 0.2) is 0 Å². The summed E-state index contributed by atoms with van der Waals surface area (Å²) in [5, 5.41) is 0. The van der Waals surface area contributed by atoms with E-state index in [-0.39, 0.29) is 5.41 Å². The molecule has 0 spiro atoms. The van der Waals surface area contributed by atoms with Crippen LogP contribution in [0.3, 0.4) is 0 Å². The van der Waals surface area contributed by atoms with Gasteiger partial charge >= 0.3 is 0 Å². The number of aryl methyl sites for hydroxylation is 1. The van der Waals surface area contributed by atoms with Gasteiger partial charge in [0.2, 0.25) is 0 Å². The van der Waals surface area contributed by atoms with Gasteiger partial charge in [-0.2, -0.15) is 0 Å². The van der Waals surface area contributed by atoms with Crippen LogP contribution in [0.5, 0.6) is 0 Å². The Hall–Kier alpha value is 0.470. The third kappa shape index (κ3) is 2.71. The first kappa shape index (κ1) is 11.5. The lowest BCUT2D eigenvalue weighted by atomic mass is 9.91. The molecule has 0 aliphatic rings. The van der Waals surface area contributed by atoms with Crippen molar-refractivity contribution in [3.63, 3.8) is 0 Å². The van der Waals surface area contributed by atoms with E-state index in [1.54, 1.807) is 11.3 Å². The molecule has 0 saturated heterocycles. The van der Waals surface area contributed by atoms with Gasteiger partial charge in [-0.05, 0) is 24.0 Å². The maximum absolute atomic E-state index is 6.02. The average molecular weight is 282 g/mol. The number of hydrogen-bond donors (Lipinski definition) is 0. The number of thiophene rings is 1. The van der Waals surface area contributed by atoms with Crippen molar-refractivity contribution in [1.29, 1.82) is 0 Å². The molecule has 0 saturated carbocycles. The number of halogens is 2. The van der Waals surface area contributed by atoms with Crippen LogP contribution >= 0.6 is 38.9 Å². The van der Waals surface area contributed by atoms with Crippen molar-refractivity contribution >= 4 is 38.9 Å². The smallest absolute Gasteiger partial charge is 0.0960 e. The molecule has 0 nitrogen and oxygen atoms in total. The lowest BCUT2D eigenvalue weighted by Gasteiger charge is -2.24. The summed E-state index contributed by atoms with van der Waals surface area (Å²) in [6.45, 7) is 8.70. The fraction of sp³-hybridized carbons (Fsp3) is 0.600. The maximum Gasteiger partial charge on any atom is 0.0960 e. The molecule has 1 heterocycles. The SMILES string of the molecule is Cc1cc(C(Br)C(C)(C)C)sc1Cl. The van der Waals surface area contributed by atoms with Gasteiger partial charge in [-0.3, -0.25) is 0 Å². The van der Waals surface area contributed by atoms with Crippen molar-refractivity contribution in [3.8, 4) is 0 Å². The zero-order chi connectivity index (χ0) is 10.2. The summed E-state index contributed by atoms with van der Waals surface area (Å²) in [5.41, 5.74) is 1.41. The van der Waals surface area contributed by atoms with Crippen LogP contribution in [0.4, 0.5) is 0 Å². The van der Waals surface area contributed by atoms with Gasteiger partial charge in [0.1, 0.15) is 0 Å². The molecule has 0 aliphatic heterocycles. The summed E-state index contributed by atoms with van der Waals surface area (Å²) in [7, 11) is 0. The summed E-state index contributed by atoms with van der Waals surface area (Å²) in [6, 6.07) is 2.16. The van der Waals surface area contributed by atoms with Crippen LogP contribution < -0.4 is 0 Å². The number of rotatable bonds is 1. The maximum atomic E-state index is 6.02. The molecule has 0 bridgehead atoms. The van der Waals surface area contributed by atoms with E-state index in [0.717, 1.165) is 4.34 Å². The van der Waals surface area contributed by atoms with Crippen LogP contribution in [0.1, 0.15) is 36.0 Å². The van der Waals surface area contributed by atoms with Gasteiger partial charge in [0.25, 0.3) is 0 Å². The normalized spacial score (nSPS) is 14.6. The van der Waals surface area contributed by atoms with Crippen molar-refractivity contribution in [2.45, 2.75) is 32.5 Å². The van der Waals surface area contributed by atoms with Crippen LogP contribution in [0.15, 0.2) is 6.07 Å². The second-order valence-electron chi connectivity index (χ2n) is 4.33. The van der Waals surface area contributed by atoms with E-state index < -0.39 is 0 Å². The molecule has 0 fully saturated rings. The minimum Gasteiger partial charge on any atom is -0.127 e. The molecule has 1 unspecified atom stereocenters. The first-order valence-electron chi connectivity index (χ1n) is 4.22. The predicted molar refractivity (Wildman–Crippen MR) is 65.2 cm³/mol. The van der Waals surface area contributed by atoms with Crippen LogP contribution in [0, 0.1) is 12.3 Å². The molecular formula is C10H14BrClS. The molecule has 0 aromatic carbocycles. The highest BCUT2D eigenvalue weighted by molar-refractivity contribution is 9.09. The molecule has 3 heteroatoms. The molecule has 0 radical (unpaired) electrons. The Kier molecular flexibility index (Phi) is 3.48. The molecule has 1 rings (SSSR count). The third-order valence-electron chi connectivity index (χ3n) is 1.89. The summed E-state index contributed by atoms with van der Waals surface area (Å²) in [6.07, 6.45) is 0. The van der Waals surface area contributed by atoms with Gasteiger partial charge in [-0.1, -0.05) is 48.3 Å².